The Balaban J connectivity index is 1.63. The van der Waals surface area contributed by atoms with Crippen LogP contribution in [-0.2, 0) is 22.6 Å². The number of aliphatic hydroxyl groups excluding tert-OH is 1. The first-order valence-electron chi connectivity index (χ1n) is 13.4. The minimum atomic E-state index is -0.812. The smallest absolute Gasteiger partial charge is 0.295 e. The average molecular weight is 528 g/mol. The van der Waals surface area contributed by atoms with Crippen molar-refractivity contribution >= 4 is 17.4 Å². The van der Waals surface area contributed by atoms with Crippen molar-refractivity contribution in [1.29, 1.82) is 0 Å². The zero-order chi connectivity index (χ0) is 27.5. The standard InChI is InChI=1S/C32H33NO6/c1-4-15-38-26-14-11-22(18-27(26)37-5-2)29-28(30(34)23-12-13-25-24(17-23)16-20(3)39-25)31(35)32(36)33(29)19-21-9-7-6-8-10-21/h6-14,17-18,20,29,34H,4-5,15-16,19H2,1-3H3/b30-28+/t20-,29+/m0/s1. The number of benzene rings is 3. The van der Waals surface area contributed by atoms with E-state index in [9.17, 15) is 14.7 Å². The van der Waals surface area contributed by atoms with Gasteiger partial charge in [-0.15, -0.1) is 0 Å². The van der Waals surface area contributed by atoms with Gasteiger partial charge in [0, 0.05) is 18.5 Å². The first kappa shape index (κ1) is 26.4. The summed E-state index contributed by atoms with van der Waals surface area (Å²) < 4.78 is 17.5. The zero-order valence-corrected chi connectivity index (χ0v) is 22.5. The molecule has 5 rings (SSSR count). The molecule has 0 radical (unpaired) electrons. The van der Waals surface area contributed by atoms with E-state index in [1.54, 1.807) is 24.3 Å². The van der Waals surface area contributed by atoms with Gasteiger partial charge < -0.3 is 24.2 Å². The summed E-state index contributed by atoms with van der Waals surface area (Å²) in [5, 5.41) is 11.5. The molecular formula is C32H33NO6. The largest absolute Gasteiger partial charge is 0.507 e. The molecule has 39 heavy (non-hydrogen) atoms. The van der Waals surface area contributed by atoms with Crippen LogP contribution in [0.5, 0.6) is 17.2 Å². The SMILES string of the molecule is CCCOc1ccc([C@@H]2/C(=C(\O)c3ccc4c(c3)C[C@H](C)O4)C(=O)C(=O)N2Cc2ccccc2)cc1OCC. The van der Waals surface area contributed by atoms with Crippen LogP contribution in [0, 0.1) is 0 Å². The number of nitrogens with zero attached hydrogens (tertiary/aromatic N) is 1. The van der Waals surface area contributed by atoms with Gasteiger partial charge in [-0.25, -0.2) is 0 Å². The van der Waals surface area contributed by atoms with Gasteiger partial charge in [-0.1, -0.05) is 43.3 Å². The van der Waals surface area contributed by atoms with Crippen molar-refractivity contribution in [2.45, 2.75) is 52.3 Å². The van der Waals surface area contributed by atoms with Crippen LogP contribution in [0.15, 0.2) is 72.3 Å². The summed E-state index contributed by atoms with van der Waals surface area (Å²) in [7, 11) is 0. The summed E-state index contributed by atoms with van der Waals surface area (Å²) >= 11 is 0. The second-order valence-corrected chi connectivity index (χ2v) is 9.86. The van der Waals surface area contributed by atoms with Crippen LogP contribution in [-0.4, -0.2) is 41.0 Å². The van der Waals surface area contributed by atoms with E-state index in [0.29, 0.717) is 42.3 Å². The van der Waals surface area contributed by atoms with Crippen molar-refractivity contribution in [1.82, 2.24) is 4.90 Å². The summed E-state index contributed by atoms with van der Waals surface area (Å²) in [4.78, 5) is 28.5. The van der Waals surface area contributed by atoms with Gasteiger partial charge in [0.1, 0.15) is 17.6 Å². The summed E-state index contributed by atoms with van der Waals surface area (Å²) in [5.41, 5.74) is 3.00. The van der Waals surface area contributed by atoms with E-state index in [-0.39, 0.29) is 24.0 Å². The van der Waals surface area contributed by atoms with Crippen LogP contribution < -0.4 is 14.2 Å². The summed E-state index contributed by atoms with van der Waals surface area (Å²) in [6.07, 6.45) is 1.59. The fourth-order valence-corrected chi connectivity index (χ4v) is 5.19. The Morgan fingerprint density at radius 1 is 1.00 bits per heavy atom. The molecule has 2 heterocycles. The third-order valence-corrected chi connectivity index (χ3v) is 6.95. The lowest BCUT2D eigenvalue weighted by Crippen LogP contribution is -2.29. The van der Waals surface area contributed by atoms with E-state index in [0.717, 1.165) is 23.3 Å². The molecule has 202 valence electrons. The predicted molar refractivity (Wildman–Crippen MR) is 148 cm³/mol. The molecule has 2 aliphatic rings. The van der Waals surface area contributed by atoms with E-state index in [1.165, 1.54) is 4.90 Å². The third-order valence-electron chi connectivity index (χ3n) is 6.95. The van der Waals surface area contributed by atoms with Crippen molar-refractivity contribution in [3.05, 3.63) is 94.6 Å². The highest BCUT2D eigenvalue weighted by Crippen LogP contribution is 2.43. The van der Waals surface area contributed by atoms with E-state index >= 15 is 0 Å². The molecule has 1 saturated heterocycles. The number of amides is 1. The zero-order valence-electron chi connectivity index (χ0n) is 22.5. The Bertz CT molecular complexity index is 1410. The van der Waals surface area contributed by atoms with Crippen LogP contribution in [0.1, 0.15) is 55.5 Å². The lowest BCUT2D eigenvalue weighted by molar-refractivity contribution is -0.140. The van der Waals surface area contributed by atoms with Crippen LogP contribution >= 0.6 is 0 Å². The molecule has 0 saturated carbocycles. The molecule has 1 N–H and O–H groups in total. The Morgan fingerprint density at radius 3 is 2.54 bits per heavy atom. The van der Waals surface area contributed by atoms with E-state index in [2.05, 4.69) is 0 Å². The first-order chi connectivity index (χ1) is 18.9. The predicted octanol–water partition coefficient (Wildman–Crippen LogP) is 5.82. The molecule has 0 aliphatic carbocycles. The van der Waals surface area contributed by atoms with Crippen LogP contribution in [0.4, 0.5) is 0 Å². The van der Waals surface area contributed by atoms with Crippen LogP contribution in [0.3, 0.4) is 0 Å². The van der Waals surface area contributed by atoms with Gasteiger partial charge >= 0.3 is 0 Å². The highest BCUT2D eigenvalue weighted by molar-refractivity contribution is 6.46. The average Bonchev–Trinajstić information content (AvgIpc) is 3.43. The van der Waals surface area contributed by atoms with Gasteiger partial charge in [0.25, 0.3) is 11.7 Å². The molecule has 2 aliphatic heterocycles. The molecule has 0 spiro atoms. The number of hydrogen-bond donors (Lipinski definition) is 1. The molecule has 3 aromatic carbocycles. The fraction of sp³-hybridized carbons (Fsp3) is 0.312. The number of fused-ring (bicyclic) bond motifs is 1. The normalized spacial score (nSPS) is 19.6. The number of carbonyl (C=O) groups is 2. The molecule has 0 bridgehead atoms. The van der Waals surface area contributed by atoms with E-state index < -0.39 is 17.7 Å². The maximum Gasteiger partial charge on any atom is 0.295 e. The Morgan fingerprint density at radius 2 is 1.79 bits per heavy atom. The number of hydrogen-bond acceptors (Lipinski definition) is 6. The molecule has 0 unspecified atom stereocenters. The number of ketones is 1. The second-order valence-electron chi connectivity index (χ2n) is 9.86. The van der Waals surface area contributed by atoms with Crippen molar-refractivity contribution in [2.24, 2.45) is 0 Å². The Kier molecular flexibility index (Phi) is 7.59. The molecule has 1 amide bonds. The van der Waals surface area contributed by atoms with Gasteiger partial charge in [0.2, 0.25) is 0 Å². The highest BCUT2D eigenvalue weighted by Gasteiger charge is 2.46. The summed E-state index contributed by atoms with van der Waals surface area (Å²) in [6.45, 7) is 7.06. The second kappa shape index (κ2) is 11.2. The number of rotatable bonds is 9. The van der Waals surface area contributed by atoms with Crippen molar-refractivity contribution in [3.63, 3.8) is 0 Å². The monoisotopic (exact) mass is 527 g/mol. The van der Waals surface area contributed by atoms with Gasteiger partial charge in [0.15, 0.2) is 11.5 Å². The third kappa shape index (κ3) is 5.21. The lowest BCUT2D eigenvalue weighted by atomic mass is 9.94. The van der Waals surface area contributed by atoms with Gasteiger partial charge in [-0.05, 0) is 67.3 Å². The number of carbonyl (C=O) groups excluding carboxylic acids is 2. The Labute approximate surface area is 228 Å². The number of ether oxygens (including phenoxy) is 3. The minimum Gasteiger partial charge on any atom is -0.507 e. The van der Waals surface area contributed by atoms with E-state index in [1.807, 2.05) is 63.2 Å². The number of Topliss-reactive ketones (excluding diaryl/α,β-unsaturated/α-hetero) is 1. The molecular weight excluding hydrogens is 494 g/mol. The van der Waals surface area contributed by atoms with Crippen molar-refractivity contribution in [2.75, 3.05) is 13.2 Å². The molecule has 7 heteroatoms. The summed E-state index contributed by atoms with van der Waals surface area (Å²) in [5.74, 6) is 0.299. The Hall–Kier alpha value is -4.26. The van der Waals surface area contributed by atoms with Crippen LogP contribution in [0.25, 0.3) is 5.76 Å². The molecule has 1 fully saturated rings. The fourth-order valence-electron chi connectivity index (χ4n) is 5.19. The highest BCUT2D eigenvalue weighted by atomic mass is 16.5. The van der Waals surface area contributed by atoms with Gasteiger partial charge in [0.05, 0.1) is 24.8 Å². The molecule has 2 atom stereocenters. The van der Waals surface area contributed by atoms with Gasteiger partial charge in [-0.2, -0.15) is 0 Å². The van der Waals surface area contributed by atoms with E-state index in [4.69, 9.17) is 14.2 Å². The maximum atomic E-state index is 13.5. The minimum absolute atomic E-state index is 0.0410. The number of likely N-dealkylation sites (tertiary alicyclic amines) is 1. The molecule has 0 aromatic heterocycles. The van der Waals surface area contributed by atoms with Crippen molar-refractivity contribution < 1.29 is 28.9 Å². The maximum absolute atomic E-state index is 13.5. The van der Waals surface area contributed by atoms with Gasteiger partial charge in [-0.3, -0.25) is 9.59 Å². The van der Waals surface area contributed by atoms with Crippen molar-refractivity contribution in [3.8, 4) is 17.2 Å². The topological polar surface area (TPSA) is 85.3 Å². The number of aliphatic hydroxyl groups is 1. The summed E-state index contributed by atoms with van der Waals surface area (Å²) in [6, 6.07) is 19.5. The molecule has 7 nitrogen and oxygen atoms in total. The lowest BCUT2D eigenvalue weighted by Gasteiger charge is -2.26. The molecule has 3 aromatic rings. The van der Waals surface area contributed by atoms with Crippen LogP contribution in [0.2, 0.25) is 0 Å². The first-order valence-corrected chi connectivity index (χ1v) is 13.4. The quantitative estimate of drug-likeness (QED) is 0.214.